The minimum absolute atomic E-state index is 0.0766. The minimum Gasteiger partial charge on any atom is -0.493 e. The quantitative estimate of drug-likeness (QED) is 0.746. The second kappa shape index (κ2) is 8.56. The summed E-state index contributed by atoms with van der Waals surface area (Å²) in [5, 5.41) is 5.22. The van der Waals surface area contributed by atoms with Crippen LogP contribution in [0.25, 0.3) is 0 Å². The molecule has 0 saturated heterocycles. The number of nitrogens with one attached hydrogen (secondary N) is 2. The van der Waals surface area contributed by atoms with Crippen LogP contribution in [0.5, 0.6) is 0 Å². The minimum atomic E-state index is -0.777. The molecule has 0 spiro atoms. The van der Waals surface area contributed by atoms with Gasteiger partial charge in [0.1, 0.15) is 19.5 Å². The Hall–Kier alpha value is -3.03. The average molecular weight is 334 g/mol. The molecule has 8 nitrogen and oxygen atoms in total. The van der Waals surface area contributed by atoms with Gasteiger partial charge in [0.05, 0.1) is 0 Å². The highest BCUT2D eigenvalue weighted by Gasteiger charge is 2.18. The molecule has 0 bridgehead atoms. The van der Waals surface area contributed by atoms with Crippen molar-refractivity contribution in [3.63, 3.8) is 0 Å². The maximum atomic E-state index is 11.8. The van der Waals surface area contributed by atoms with Crippen LogP contribution in [-0.4, -0.2) is 44.1 Å². The molecule has 0 saturated carbocycles. The molecule has 0 aromatic heterocycles. The van der Waals surface area contributed by atoms with Crippen LogP contribution in [0.15, 0.2) is 36.3 Å². The molecule has 24 heavy (non-hydrogen) atoms. The van der Waals surface area contributed by atoms with Crippen molar-refractivity contribution < 1.29 is 28.6 Å². The summed E-state index contributed by atoms with van der Waals surface area (Å²) in [5.41, 5.74) is 0.848. The summed E-state index contributed by atoms with van der Waals surface area (Å²) in [7, 11) is 0. The largest absolute Gasteiger partial charge is 0.493 e. The number of rotatable bonds is 6. The van der Waals surface area contributed by atoms with Gasteiger partial charge in [-0.3, -0.25) is 9.59 Å². The number of carbonyl (C=O) groups is 3. The molecule has 1 heterocycles. The third kappa shape index (κ3) is 5.01. The van der Waals surface area contributed by atoms with Crippen molar-refractivity contribution in [2.45, 2.75) is 6.92 Å². The van der Waals surface area contributed by atoms with Gasteiger partial charge < -0.3 is 24.8 Å². The molecule has 0 atom stereocenters. The zero-order valence-electron chi connectivity index (χ0n) is 13.2. The summed E-state index contributed by atoms with van der Waals surface area (Å²) < 4.78 is 14.8. The molecule has 0 radical (unpaired) electrons. The lowest BCUT2D eigenvalue weighted by Crippen LogP contribution is -2.24. The molecule has 1 aliphatic rings. The van der Waals surface area contributed by atoms with Crippen LogP contribution in [0, 0.1) is 0 Å². The van der Waals surface area contributed by atoms with Crippen molar-refractivity contribution in [1.29, 1.82) is 0 Å². The van der Waals surface area contributed by atoms with Crippen molar-refractivity contribution in [1.82, 2.24) is 5.32 Å². The maximum Gasteiger partial charge on any atom is 0.377 e. The van der Waals surface area contributed by atoms with Gasteiger partial charge in [0.25, 0.3) is 11.8 Å². The summed E-state index contributed by atoms with van der Waals surface area (Å²) in [6.45, 7) is 2.45. The lowest BCUT2D eigenvalue weighted by molar-refractivity contribution is -0.148. The van der Waals surface area contributed by atoms with Crippen molar-refractivity contribution in [2.24, 2.45) is 0 Å². The van der Waals surface area contributed by atoms with Gasteiger partial charge in [0, 0.05) is 17.8 Å². The standard InChI is InChI=1S/C16H18N2O6/c1-2-17-15(20)11-4-3-5-12(8-11)18-14(19)10-24-16(21)13-9-22-6-7-23-13/h3-5,8-9H,2,6-7,10H2,1H3,(H,17,20)(H,18,19). The number of ether oxygens (including phenoxy) is 3. The van der Waals surface area contributed by atoms with E-state index in [0.717, 1.165) is 6.26 Å². The Kier molecular flexibility index (Phi) is 6.18. The number of carbonyl (C=O) groups excluding carboxylic acids is 3. The average Bonchev–Trinajstić information content (AvgIpc) is 2.61. The van der Waals surface area contributed by atoms with Crippen molar-refractivity contribution in [2.75, 3.05) is 31.7 Å². The van der Waals surface area contributed by atoms with Crippen LogP contribution < -0.4 is 10.6 Å². The van der Waals surface area contributed by atoms with E-state index in [1.165, 1.54) is 6.07 Å². The Labute approximate surface area is 138 Å². The molecule has 1 aliphatic heterocycles. The van der Waals surface area contributed by atoms with E-state index in [1.54, 1.807) is 18.2 Å². The van der Waals surface area contributed by atoms with Crippen LogP contribution in [0.2, 0.25) is 0 Å². The Morgan fingerprint density at radius 1 is 1.25 bits per heavy atom. The van der Waals surface area contributed by atoms with E-state index >= 15 is 0 Å². The zero-order valence-corrected chi connectivity index (χ0v) is 13.2. The molecule has 0 fully saturated rings. The fourth-order valence-electron chi connectivity index (χ4n) is 1.88. The molecule has 128 valence electrons. The predicted octanol–water partition coefficient (Wildman–Crippen LogP) is 0.806. The lowest BCUT2D eigenvalue weighted by atomic mass is 10.2. The topological polar surface area (TPSA) is 103 Å². The highest BCUT2D eigenvalue weighted by Crippen LogP contribution is 2.11. The first-order valence-electron chi connectivity index (χ1n) is 7.40. The molecule has 0 unspecified atom stereocenters. The summed E-state index contributed by atoms with van der Waals surface area (Å²) >= 11 is 0. The van der Waals surface area contributed by atoms with Crippen LogP contribution >= 0.6 is 0 Å². The van der Waals surface area contributed by atoms with E-state index in [0.29, 0.717) is 24.4 Å². The summed E-state index contributed by atoms with van der Waals surface area (Å²) in [4.78, 5) is 35.2. The summed E-state index contributed by atoms with van der Waals surface area (Å²) in [5.74, 6) is -1.62. The molecule has 1 aromatic carbocycles. The molecule has 2 rings (SSSR count). The van der Waals surface area contributed by atoms with E-state index in [1.807, 2.05) is 6.92 Å². The molecule has 1 aromatic rings. The number of amides is 2. The van der Waals surface area contributed by atoms with E-state index in [4.69, 9.17) is 14.2 Å². The first-order chi connectivity index (χ1) is 11.6. The number of anilines is 1. The van der Waals surface area contributed by atoms with Gasteiger partial charge in [-0.15, -0.1) is 0 Å². The molecular weight excluding hydrogens is 316 g/mol. The van der Waals surface area contributed by atoms with Crippen LogP contribution in [-0.2, 0) is 23.8 Å². The highest BCUT2D eigenvalue weighted by atomic mass is 16.6. The van der Waals surface area contributed by atoms with Crippen molar-refractivity contribution >= 4 is 23.5 Å². The molecule has 2 amide bonds. The van der Waals surface area contributed by atoms with Gasteiger partial charge in [-0.2, -0.15) is 0 Å². The number of esters is 1. The van der Waals surface area contributed by atoms with E-state index in [-0.39, 0.29) is 18.3 Å². The van der Waals surface area contributed by atoms with Gasteiger partial charge in [0.15, 0.2) is 6.61 Å². The van der Waals surface area contributed by atoms with Gasteiger partial charge >= 0.3 is 5.97 Å². The van der Waals surface area contributed by atoms with Gasteiger partial charge in [-0.25, -0.2) is 4.79 Å². The maximum absolute atomic E-state index is 11.8. The number of benzene rings is 1. The Morgan fingerprint density at radius 2 is 2.08 bits per heavy atom. The third-order valence-corrected chi connectivity index (χ3v) is 2.93. The molecule has 2 N–H and O–H groups in total. The monoisotopic (exact) mass is 334 g/mol. The summed E-state index contributed by atoms with van der Waals surface area (Å²) in [6.07, 6.45) is 1.15. The van der Waals surface area contributed by atoms with Gasteiger partial charge in [0.2, 0.25) is 5.76 Å². The third-order valence-electron chi connectivity index (χ3n) is 2.93. The second-order valence-corrected chi connectivity index (χ2v) is 4.77. The van der Waals surface area contributed by atoms with Crippen LogP contribution in [0.4, 0.5) is 5.69 Å². The Bertz CT molecular complexity index is 656. The zero-order chi connectivity index (χ0) is 17.4. The number of hydrogen-bond acceptors (Lipinski definition) is 6. The van der Waals surface area contributed by atoms with E-state index in [2.05, 4.69) is 10.6 Å². The lowest BCUT2D eigenvalue weighted by Gasteiger charge is -2.14. The SMILES string of the molecule is CCNC(=O)c1cccc(NC(=O)COC(=O)C2=COCCO2)c1. The number of hydrogen-bond donors (Lipinski definition) is 2. The first-order valence-corrected chi connectivity index (χ1v) is 7.40. The van der Waals surface area contributed by atoms with Gasteiger partial charge in [-0.1, -0.05) is 6.07 Å². The molecule has 8 heteroatoms. The summed E-state index contributed by atoms with van der Waals surface area (Å²) in [6, 6.07) is 6.44. The van der Waals surface area contributed by atoms with Crippen molar-refractivity contribution in [3.05, 3.63) is 41.9 Å². The van der Waals surface area contributed by atoms with Crippen LogP contribution in [0.3, 0.4) is 0 Å². The molecule has 0 aliphatic carbocycles. The Morgan fingerprint density at radius 3 is 2.79 bits per heavy atom. The van der Waals surface area contributed by atoms with Gasteiger partial charge in [-0.05, 0) is 25.1 Å². The fourth-order valence-corrected chi connectivity index (χ4v) is 1.88. The normalized spacial score (nSPS) is 13.0. The Balaban J connectivity index is 1.86. The smallest absolute Gasteiger partial charge is 0.377 e. The first kappa shape index (κ1) is 17.3. The fraction of sp³-hybridized carbons (Fsp3) is 0.312. The van der Waals surface area contributed by atoms with E-state index in [9.17, 15) is 14.4 Å². The molecular formula is C16H18N2O6. The van der Waals surface area contributed by atoms with Crippen LogP contribution in [0.1, 0.15) is 17.3 Å². The highest BCUT2D eigenvalue weighted by molar-refractivity contribution is 5.98. The predicted molar refractivity (Wildman–Crippen MR) is 84.0 cm³/mol. The second-order valence-electron chi connectivity index (χ2n) is 4.77. The van der Waals surface area contributed by atoms with E-state index < -0.39 is 18.5 Å². The van der Waals surface area contributed by atoms with Crippen molar-refractivity contribution in [3.8, 4) is 0 Å².